The van der Waals surface area contributed by atoms with E-state index in [9.17, 15) is 4.79 Å². The number of carbonyl (C=O) groups excluding carboxylic acids is 1. The van der Waals surface area contributed by atoms with Crippen LogP contribution < -0.4 is 15.8 Å². The number of piperazine rings is 1. The Balaban J connectivity index is 0.00000342. The summed E-state index contributed by atoms with van der Waals surface area (Å²) in [6.45, 7) is 9.72. The van der Waals surface area contributed by atoms with Crippen LogP contribution in [0.2, 0.25) is 0 Å². The number of nitrogens with zero attached hydrogens (tertiary/aromatic N) is 3. The molecule has 2 heterocycles. The first-order valence-electron chi connectivity index (χ1n) is 11.9. The van der Waals surface area contributed by atoms with E-state index in [1.165, 1.54) is 5.56 Å². The molecule has 0 atom stereocenters. The number of hydrogen-bond acceptors (Lipinski definition) is 6. The molecule has 1 saturated heterocycles. The number of pyridine rings is 1. The second-order valence-electron chi connectivity index (χ2n) is 8.55. The number of nitrogens with one attached hydrogen (secondary N) is 1. The summed E-state index contributed by atoms with van der Waals surface area (Å²) in [5.41, 5.74) is 9.52. The minimum absolute atomic E-state index is 0. The van der Waals surface area contributed by atoms with Crippen LogP contribution in [0.3, 0.4) is 0 Å². The highest BCUT2D eigenvalue weighted by Crippen LogP contribution is 2.21. The van der Waals surface area contributed by atoms with Gasteiger partial charge in [-0.3, -0.25) is 9.69 Å². The van der Waals surface area contributed by atoms with Crippen molar-refractivity contribution in [1.29, 1.82) is 0 Å². The third-order valence-electron chi connectivity index (χ3n) is 6.15. The first-order valence-corrected chi connectivity index (χ1v) is 11.9. The van der Waals surface area contributed by atoms with Gasteiger partial charge in [-0.1, -0.05) is 44.7 Å². The van der Waals surface area contributed by atoms with Gasteiger partial charge in [0.1, 0.15) is 5.75 Å². The number of aromatic nitrogens is 1. The van der Waals surface area contributed by atoms with Crippen LogP contribution in [0, 0.1) is 0 Å². The Morgan fingerprint density at radius 1 is 0.971 bits per heavy atom. The largest absolute Gasteiger partial charge is 0.439 e. The molecule has 4 rings (SSSR count). The summed E-state index contributed by atoms with van der Waals surface area (Å²) in [6, 6.07) is 19.2. The lowest BCUT2D eigenvalue weighted by atomic mass is 10.1. The van der Waals surface area contributed by atoms with Crippen molar-refractivity contribution in [2.24, 2.45) is 5.73 Å². The van der Waals surface area contributed by atoms with E-state index in [-0.39, 0.29) is 13.3 Å². The predicted octanol–water partition coefficient (Wildman–Crippen LogP) is 4.04. The van der Waals surface area contributed by atoms with E-state index < -0.39 is 0 Å². The summed E-state index contributed by atoms with van der Waals surface area (Å²) in [5, 5.41) is 2.99. The minimum Gasteiger partial charge on any atom is -0.439 e. The van der Waals surface area contributed by atoms with Crippen LogP contribution >= 0.6 is 0 Å². The van der Waals surface area contributed by atoms with Crippen LogP contribution in [0.5, 0.6) is 11.6 Å². The topological polar surface area (TPSA) is 83.7 Å². The van der Waals surface area contributed by atoms with Gasteiger partial charge in [0.2, 0.25) is 5.88 Å². The van der Waals surface area contributed by atoms with E-state index >= 15 is 0 Å². The molecule has 3 N–H and O–H groups in total. The summed E-state index contributed by atoms with van der Waals surface area (Å²) in [4.78, 5) is 21.9. The maximum atomic E-state index is 12.7. The Bertz CT molecular complexity index is 1080. The first kappa shape index (κ1) is 26.3. The molecule has 0 aliphatic carbocycles. The standard InChI is InChI=1S/C27H33N5O2.CH4/c1-2-31-12-14-32(15-13-31)20-22-8-6-21(7-9-22)19-30-27(33)24-4-3-5-25(17-24)34-26-16-23(18-28)10-11-29-26;/h3-11,16-17H,2,12-15,18-20,28H2,1H3,(H,30,33);1H4. The summed E-state index contributed by atoms with van der Waals surface area (Å²) in [7, 11) is 0. The molecule has 0 spiro atoms. The van der Waals surface area contributed by atoms with Crippen LogP contribution in [-0.2, 0) is 19.6 Å². The summed E-state index contributed by atoms with van der Waals surface area (Å²) in [6.07, 6.45) is 1.66. The highest BCUT2D eigenvalue weighted by Gasteiger charge is 2.15. The maximum Gasteiger partial charge on any atom is 0.251 e. The Morgan fingerprint density at radius 2 is 1.69 bits per heavy atom. The molecule has 1 amide bonds. The van der Waals surface area contributed by atoms with Gasteiger partial charge in [-0.05, 0) is 47.5 Å². The molecule has 1 aliphatic rings. The van der Waals surface area contributed by atoms with Crippen molar-refractivity contribution < 1.29 is 9.53 Å². The maximum absolute atomic E-state index is 12.7. The van der Waals surface area contributed by atoms with Gasteiger partial charge in [0.25, 0.3) is 5.91 Å². The molecule has 3 aromatic rings. The molecule has 0 saturated carbocycles. The van der Waals surface area contributed by atoms with Crippen molar-refractivity contribution in [3.8, 4) is 11.6 Å². The summed E-state index contributed by atoms with van der Waals surface area (Å²) < 4.78 is 5.81. The Hall–Kier alpha value is -3.26. The van der Waals surface area contributed by atoms with Crippen molar-refractivity contribution >= 4 is 5.91 Å². The van der Waals surface area contributed by atoms with Crippen molar-refractivity contribution in [3.05, 3.63) is 89.1 Å². The van der Waals surface area contributed by atoms with Gasteiger partial charge in [-0.25, -0.2) is 4.98 Å². The van der Waals surface area contributed by atoms with Crippen LogP contribution in [0.25, 0.3) is 0 Å². The summed E-state index contributed by atoms with van der Waals surface area (Å²) in [5.74, 6) is 0.860. The molecule has 0 radical (unpaired) electrons. The monoisotopic (exact) mass is 475 g/mol. The zero-order chi connectivity index (χ0) is 23.8. The molecule has 7 heteroatoms. The van der Waals surface area contributed by atoms with E-state index in [1.807, 2.05) is 6.07 Å². The van der Waals surface area contributed by atoms with E-state index in [4.69, 9.17) is 10.5 Å². The SMILES string of the molecule is C.CCN1CCN(Cc2ccc(CNC(=O)c3cccc(Oc4cc(CN)ccn4)c3)cc2)CC1. The van der Waals surface area contributed by atoms with E-state index in [0.29, 0.717) is 30.3 Å². The van der Waals surface area contributed by atoms with Gasteiger partial charge in [0, 0.05) is 63.6 Å². The average molecular weight is 476 g/mol. The Kier molecular flexibility index (Phi) is 9.78. The van der Waals surface area contributed by atoms with E-state index in [0.717, 1.165) is 50.4 Å². The van der Waals surface area contributed by atoms with Crippen LogP contribution in [0.4, 0.5) is 0 Å². The number of benzene rings is 2. The molecular formula is C28H37N5O2. The molecule has 1 aliphatic heterocycles. The lowest BCUT2D eigenvalue weighted by Gasteiger charge is -2.34. The molecule has 0 bridgehead atoms. The fourth-order valence-corrected chi connectivity index (χ4v) is 4.02. The van der Waals surface area contributed by atoms with Gasteiger partial charge in [0.15, 0.2) is 0 Å². The normalized spacial score (nSPS) is 14.2. The van der Waals surface area contributed by atoms with Crippen molar-refractivity contribution in [1.82, 2.24) is 20.1 Å². The third-order valence-corrected chi connectivity index (χ3v) is 6.15. The van der Waals surface area contributed by atoms with Gasteiger partial charge in [-0.2, -0.15) is 0 Å². The number of amides is 1. The molecule has 1 fully saturated rings. The number of ether oxygens (including phenoxy) is 1. The fourth-order valence-electron chi connectivity index (χ4n) is 4.02. The van der Waals surface area contributed by atoms with Gasteiger partial charge >= 0.3 is 0 Å². The van der Waals surface area contributed by atoms with Crippen LogP contribution in [0.1, 0.15) is 41.4 Å². The smallest absolute Gasteiger partial charge is 0.251 e. The van der Waals surface area contributed by atoms with Crippen molar-refractivity contribution in [2.75, 3.05) is 32.7 Å². The number of hydrogen-bond donors (Lipinski definition) is 2. The van der Waals surface area contributed by atoms with Gasteiger partial charge in [-0.15, -0.1) is 0 Å². The van der Waals surface area contributed by atoms with E-state index in [2.05, 4.69) is 51.3 Å². The van der Waals surface area contributed by atoms with E-state index in [1.54, 1.807) is 36.5 Å². The fraction of sp³-hybridized carbons (Fsp3) is 0.357. The lowest BCUT2D eigenvalue weighted by molar-refractivity contribution is 0.0950. The molecule has 0 unspecified atom stereocenters. The minimum atomic E-state index is -0.146. The quantitative estimate of drug-likeness (QED) is 0.486. The molecule has 186 valence electrons. The summed E-state index contributed by atoms with van der Waals surface area (Å²) >= 11 is 0. The zero-order valence-corrected chi connectivity index (χ0v) is 19.7. The first-order chi connectivity index (χ1) is 16.6. The van der Waals surface area contributed by atoms with Gasteiger partial charge in [0.05, 0.1) is 0 Å². The van der Waals surface area contributed by atoms with Crippen molar-refractivity contribution in [2.45, 2.75) is 34.0 Å². The number of likely N-dealkylation sites (N-methyl/N-ethyl adjacent to an activating group) is 1. The second-order valence-corrected chi connectivity index (χ2v) is 8.55. The van der Waals surface area contributed by atoms with Crippen LogP contribution in [-0.4, -0.2) is 53.4 Å². The number of carbonyl (C=O) groups is 1. The predicted molar refractivity (Wildman–Crippen MR) is 140 cm³/mol. The highest BCUT2D eigenvalue weighted by atomic mass is 16.5. The molecule has 35 heavy (non-hydrogen) atoms. The molecule has 1 aromatic heterocycles. The highest BCUT2D eigenvalue weighted by molar-refractivity contribution is 5.94. The molecular weight excluding hydrogens is 438 g/mol. The average Bonchev–Trinajstić information content (AvgIpc) is 2.89. The molecule has 2 aromatic carbocycles. The van der Waals surface area contributed by atoms with Crippen LogP contribution in [0.15, 0.2) is 66.9 Å². The Morgan fingerprint density at radius 3 is 2.40 bits per heavy atom. The number of nitrogens with two attached hydrogens (primary N) is 1. The lowest BCUT2D eigenvalue weighted by Crippen LogP contribution is -2.45. The molecule has 7 nitrogen and oxygen atoms in total. The van der Waals surface area contributed by atoms with Gasteiger partial charge < -0.3 is 20.7 Å². The number of rotatable bonds is 9. The Labute approximate surface area is 208 Å². The van der Waals surface area contributed by atoms with Crippen molar-refractivity contribution in [3.63, 3.8) is 0 Å². The third kappa shape index (κ3) is 7.62. The second kappa shape index (κ2) is 13.0. The zero-order valence-electron chi connectivity index (χ0n) is 19.7.